The predicted octanol–water partition coefficient (Wildman–Crippen LogP) is 5.68. The molecule has 0 aliphatic carbocycles. The lowest BCUT2D eigenvalue weighted by Crippen LogP contribution is -2.26. The lowest BCUT2D eigenvalue weighted by atomic mass is 9.95. The Hall–Kier alpha value is -2.62. The van der Waals surface area contributed by atoms with Gasteiger partial charge in [-0.2, -0.15) is 0 Å². The van der Waals surface area contributed by atoms with Gasteiger partial charge in [-0.1, -0.05) is 54.1 Å². The highest BCUT2D eigenvalue weighted by atomic mass is 127. The number of halogens is 2. The van der Waals surface area contributed by atoms with E-state index in [0.717, 1.165) is 14.8 Å². The van der Waals surface area contributed by atoms with Crippen LogP contribution in [0.3, 0.4) is 0 Å². The second kappa shape index (κ2) is 9.67. The summed E-state index contributed by atoms with van der Waals surface area (Å²) in [5.41, 5.74) is 5.23. The molecule has 0 spiro atoms. The third-order valence-electron chi connectivity index (χ3n) is 4.95. The average Bonchev–Trinajstić information content (AvgIpc) is 3.17. The number of carboxylic acids is 1. The first-order chi connectivity index (χ1) is 15.0. The molecule has 158 valence electrons. The van der Waals surface area contributed by atoms with Gasteiger partial charge in [0.2, 0.25) is 0 Å². The largest absolute Gasteiger partial charge is 0.478 e. The Morgan fingerprint density at radius 2 is 1.87 bits per heavy atom. The topological polar surface area (TPSA) is 83.0 Å². The molecular weight excluding hydrogens is 529 g/mol. The average molecular weight is 548 g/mol. The van der Waals surface area contributed by atoms with Crippen LogP contribution in [-0.2, 0) is 4.84 Å². The first-order valence-electron chi connectivity index (χ1n) is 9.59. The summed E-state index contributed by atoms with van der Waals surface area (Å²) < 4.78 is 0.827. The molecule has 1 aliphatic rings. The van der Waals surface area contributed by atoms with Crippen molar-refractivity contribution >= 4 is 57.4 Å². The van der Waals surface area contributed by atoms with Gasteiger partial charge in [-0.15, -0.1) is 0 Å². The van der Waals surface area contributed by atoms with E-state index < -0.39 is 5.97 Å². The van der Waals surface area contributed by atoms with E-state index in [0.29, 0.717) is 23.1 Å². The quantitative estimate of drug-likeness (QED) is 0.346. The fourth-order valence-electron chi connectivity index (χ4n) is 3.41. The van der Waals surface area contributed by atoms with E-state index in [-0.39, 0.29) is 17.6 Å². The fraction of sp³-hybridized carbons (Fsp3) is 0.130. The van der Waals surface area contributed by atoms with Gasteiger partial charge in [-0.05, 0) is 58.5 Å². The summed E-state index contributed by atoms with van der Waals surface area (Å²) in [6.07, 6.45) is -0.299. The Morgan fingerprint density at radius 3 is 2.61 bits per heavy atom. The van der Waals surface area contributed by atoms with Gasteiger partial charge in [-0.3, -0.25) is 10.3 Å². The molecule has 1 aliphatic heterocycles. The van der Waals surface area contributed by atoms with Gasteiger partial charge in [0.1, 0.15) is 11.9 Å². The van der Waals surface area contributed by atoms with Crippen molar-refractivity contribution in [2.45, 2.75) is 6.10 Å². The molecule has 1 fully saturated rings. The van der Waals surface area contributed by atoms with Crippen molar-refractivity contribution in [3.05, 3.63) is 92.5 Å². The van der Waals surface area contributed by atoms with Gasteiger partial charge in [0, 0.05) is 10.1 Å². The molecule has 8 heteroatoms. The molecule has 3 aromatic carbocycles. The zero-order valence-electron chi connectivity index (χ0n) is 16.3. The summed E-state index contributed by atoms with van der Waals surface area (Å²) >= 11 is 8.38. The molecule has 3 N–H and O–H groups in total. The van der Waals surface area contributed by atoms with Crippen molar-refractivity contribution in [3.8, 4) is 0 Å². The van der Waals surface area contributed by atoms with E-state index >= 15 is 0 Å². The SMILES string of the molecule is O=C(O)c1cc(I)ccc1N=C1NOC(c2ccccc2)C1CNc1ccccc1Cl. The summed E-state index contributed by atoms with van der Waals surface area (Å²) in [6.45, 7) is 0.488. The van der Waals surface area contributed by atoms with Crippen molar-refractivity contribution < 1.29 is 14.7 Å². The van der Waals surface area contributed by atoms with Crippen LogP contribution in [0.1, 0.15) is 22.0 Å². The van der Waals surface area contributed by atoms with Crippen molar-refractivity contribution in [1.82, 2.24) is 5.48 Å². The number of carboxylic acid groups (broad SMARTS) is 1. The molecule has 0 saturated carbocycles. The molecule has 3 aromatic rings. The van der Waals surface area contributed by atoms with Gasteiger partial charge >= 0.3 is 5.97 Å². The number of nitrogens with one attached hydrogen (secondary N) is 2. The number of aromatic carboxylic acids is 1. The Balaban J connectivity index is 1.68. The number of hydrogen-bond donors (Lipinski definition) is 3. The van der Waals surface area contributed by atoms with Crippen LogP contribution in [0.25, 0.3) is 0 Å². The summed E-state index contributed by atoms with van der Waals surface area (Å²) in [6, 6.07) is 22.5. The lowest BCUT2D eigenvalue weighted by Gasteiger charge is -2.18. The number of hydroxylamine groups is 1. The number of nitrogens with zero attached hydrogens (tertiary/aromatic N) is 1. The van der Waals surface area contributed by atoms with E-state index in [4.69, 9.17) is 16.4 Å². The third-order valence-corrected chi connectivity index (χ3v) is 5.95. The van der Waals surface area contributed by atoms with Crippen LogP contribution in [0.15, 0.2) is 77.8 Å². The lowest BCUT2D eigenvalue weighted by molar-refractivity contribution is 0.0296. The first-order valence-corrected chi connectivity index (χ1v) is 11.0. The predicted molar refractivity (Wildman–Crippen MR) is 130 cm³/mol. The minimum Gasteiger partial charge on any atom is -0.478 e. The Kier molecular flexibility index (Phi) is 6.74. The van der Waals surface area contributed by atoms with Crippen LogP contribution < -0.4 is 10.8 Å². The molecular formula is C23H19ClIN3O3. The fourth-order valence-corrected chi connectivity index (χ4v) is 4.10. The molecule has 0 radical (unpaired) electrons. The molecule has 2 atom stereocenters. The minimum atomic E-state index is -1.03. The number of aliphatic imine (C=N–C) groups is 1. The van der Waals surface area contributed by atoms with E-state index in [1.54, 1.807) is 12.1 Å². The van der Waals surface area contributed by atoms with Crippen molar-refractivity contribution in [2.24, 2.45) is 10.9 Å². The molecule has 0 bridgehead atoms. The zero-order valence-corrected chi connectivity index (χ0v) is 19.2. The number of benzene rings is 3. The molecule has 1 heterocycles. The Morgan fingerprint density at radius 1 is 1.13 bits per heavy atom. The smallest absolute Gasteiger partial charge is 0.337 e. The number of rotatable bonds is 6. The number of hydrogen-bond acceptors (Lipinski definition) is 4. The maximum Gasteiger partial charge on any atom is 0.337 e. The molecule has 0 aromatic heterocycles. The van der Waals surface area contributed by atoms with Crippen molar-refractivity contribution in [1.29, 1.82) is 0 Å². The number of carbonyl (C=O) groups is 1. The molecule has 1 saturated heterocycles. The second-order valence-electron chi connectivity index (χ2n) is 6.98. The number of para-hydroxylation sites is 1. The van der Waals surface area contributed by atoms with E-state index in [1.165, 1.54) is 0 Å². The van der Waals surface area contributed by atoms with Crippen LogP contribution in [0.4, 0.5) is 11.4 Å². The molecule has 0 amide bonds. The Bertz CT molecular complexity index is 1120. The third kappa shape index (κ3) is 5.00. The maximum atomic E-state index is 11.7. The minimum absolute atomic E-state index is 0.141. The van der Waals surface area contributed by atoms with Gasteiger partial charge in [0.15, 0.2) is 0 Å². The zero-order chi connectivity index (χ0) is 21.8. The molecule has 31 heavy (non-hydrogen) atoms. The molecule has 6 nitrogen and oxygen atoms in total. The van der Waals surface area contributed by atoms with Gasteiger partial charge in [0.25, 0.3) is 0 Å². The van der Waals surface area contributed by atoms with E-state index in [9.17, 15) is 9.90 Å². The normalized spacial score (nSPS) is 19.2. The number of amidine groups is 1. The maximum absolute atomic E-state index is 11.7. The number of anilines is 1. The van der Waals surface area contributed by atoms with Crippen LogP contribution in [0, 0.1) is 9.49 Å². The Labute approximate surface area is 198 Å². The summed E-state index contributed by atoms with van der Waals surface area (Å²) in [4.78, 5) is 22.2. The highest BCUT2D eigenvalue weighted by Crippen LogP contribution is 2.33. The first kappa shape index (κ1) is 21.6. The molecule has 2 unspecified atom stereocenters. The van der Waals surface area contributed by atoms with Crippen LogP contribution >= 0.6 is 34.2 Å². The van der Waals surface area contributed by atoms with Crippen LogP contribution in [0.2, 0.25) is 5.02 Å². The van der Waals surface area contributed by atoms with Gasteiger partial charge in [0.05, 0.1) is 27.9 Å². The molecule has 4 rings (SSSR count). The van der Waals surface area contributed by atoms with Gasteiger partial charge in [-0.25, -0.2) is 9.79 Å². The second-order valence-corrected chi connectivity index (χ2v) is 8.63. The highest BCUT2D eigenvalue weighted by Gasteiger charge is 2.36. The van der Waals surface area contributed by atoms with Crippen LogP contribution in [-0.4, -0.2) is 23.5 Å². The summed E-state index contributed by atoms with van der Waals surface area (Å²) in [7, 11) is 0. The standard InChI is InChI=1S/C23H19ClIN3O3/c24-18-8-4-5-9-20(18)26-13-17-21(14-6-2-1-3-7-14)31-28-22(17)27-19-11-10-15(25)12-16(19)23(29)30/h1-12,17,21,26H,13H2,(H,27,28)(H,29,30). The van der Waals surface area contributed by atoms with E-state index in [1.807, 2.05) is 60.7 Å². The van der Waals surface area contributed by atoms with Crippen LogP contribution in [0.5, 0.6) is 0 Å². The summed E-state index contributed by atoms with van der Waals surface area (Å²) in [5.74, 6) is -0.668. The summed E-state index contributed by atoms with van der Waals surface area (Å²) in [5, 5.41) is 13.6. The van der Waals surface area contributed by atoms with E-state index in [2.05, 4.69) is 38.4 Å². The monoisotopic (exact) mass is 547 g/mol. The van der Waals surface area contributed by atoms with Gasteiger partial charge < -0.3 is 10.4 Å². The van der Waals surface area contributed by atoms with Crippen molar-refractivity contribution in [3.63, 3.8) is 0 Å². The highest BCUT2D eigenvalue weighted by molar-refractivity contribution is 14.1. The van der Waals surface area contributed by atoms with Crippen molar-refractivity contribution in [2.75, 3.05) is 11.9 Å².